The molecule has 11 heavy (non-hydrogen) atoms. The molecule has 0 N–H and O–H groups in total. The van der Waals surface area contributed by atoms with Gasteiger partial charge in [0.2, 0.25) is 0 Å². The fourth-order valence-electron chi connectivity index (χ4n) is 0.996. The van der Waals surface area contributed by atoms with E-state index in [9.17, 15) is 0 Å². The molecule has 0 aliphatic carbocycles. The second kappa shape index (κ2) is 3.81. The minimum Gasteiger partial charge on any atom is -0.326 e. The number of thioether (sulfide) groups is 1. The fourth-order valence-corrected chi connectivity index (χ4v) is 1.81. The first-order chi connectivity index (χ1) is 5.27. The van der Waals surface area contributed by atoms with Gasteiger partial charge in [-0.15, -0.1) is 0 Å². The summed E-state index contributed by atoms with van der Waals surface area (Å²) in [7, 11) is 0. The van der Waals surface area contributed by atoms with Crippen molar-refractivity contribution < 1.29 is 0 Å². The first-order valence-electron chi connectivity index (χ1n) is 3.94. The molecule has 1 rings (SSSR count). The molecule has 0 saturated heterocycles. The molecule has 0 atom stereocenters. The number of aromatic nitrogens is 2. The Hall–Kier alpha value is -0.440. The molecular weight excluding hydrogens is 156 g/mol. The average molecular weight is 170 g/mol. The van der Waals surface area contributed by atoms with Crippen molar-refractivity contribution in [2.75, 3.05) is 5.75 Å². The molecule has 0 fully saturated rings. The van der Waals surface area contributed by atoms with Crippen molar-refractivity contribution in [1.29, 1.82) is 0 Å². The summed E-state index contributed by atoms with van der Waals surface area (Å²) in [5.74, 6) is 1.09. The van der Waals surface area contributed by atoms with Gasteiger partial charge in [-0.05, 0) is 19.6 Å². The molecule has 0 amide bonds. The van der Waals surface area contributed by atoms with Crippen molar-refractivity contribution >= 4 is 11.8 Å². The van der Waals surface area contributed by atoms with Crippen molar-refractivity contribution in [1.82, 2.24) is 9.55 Å². The lowest BCUT2D eigenvalue weighted by Gasteiger charge is -2.00. The Morgan fingerprint density at radius 1 is 1.55 bits per heavy atom. The highest BCUT2D eigenvalue weighted by molar-refractivity contribution is 7.99. The molecule has 0 unspecified atom stereocenters. The number of rotatable bonds is 3. The molecule has 62 valence electrons. The zero-order valence-electron chi connectivity index (χ0n) is 7.29. The highest BCUT2D eigenvalue weighted by Crippen LogP contribution is 2.16. The third-order valence-corrected chi connectivity index (χ3v) is 2.35. The van der Waals surface area contributed by atoms with Crippen LogP contribution in [-0.2, 0) is 6.54 Å². The summed E-state index contributed by atoms with van der Waals surface area (Å²) in [6.45, 7) is 7.34. The Morgan fingerprint density at radius 2 is 2.27 bits per heavy atom. The summed E-state index contributed by atoms with van der Waals surface area (Å²) in [6, 6.07) is 0. The average Bonchev–Trinajstić information content (AvgIpc) is 2.32. The number of hydrogen-bond acceptors (Lipinski definition) is 2. The lowest BCUT2D eigenvalue weighted by atomic mass is 10.6. The van der Waals surface area contributed by atoms with Crippen molar-refractivity contribution in [2.24, 2.45) is 0 Å². The molecule has 1 aromatic rings. The van der Waals surface area contributed by atoms with Gasteiger partial charge in [0.05, 0.1) is 5.69 Å². The zero-order chi connectivity index (χ0) is 8.27. The Balaban J connectivity index is 2.83. The monoisotopic (exact) mass is 170 g/mol. The Morgan fingerprint density at radius 3 is 2.82 bits per heavy atom. The number of hydrogen-bond donors (Lipinski definition) is 0. The van der Waals surface area contributed by atoms with E-state index in [4.69, 9.17) is 0 Å². The standard InChI is InChI=1S/C8H14N2S/c1-4-10-6-7(3)9-8(10)11-5-2/h6H,4-5H2,1-3H3. The molecule has 1 aromatic heterocycles. The highest BCUT2D eigenvalue weighted by Gasteiger charge is 2.01. The Bertz CT molecular complexity index is 230. The second-order valence-corrected chi connectivity index (χ2v) is 3.62. The van der Waals surface area contributed by atoms with Crippen LogP contribution in [0.2, 0.25) is 0 Å². The van der Waals surface area contributed by atoms with E-state index in [0.717, 1.165) is 23.1 Å². The van der Waals surface area contributed by atoms with Gasteiger partial charge >= 0.3 is 0 Å². The van der Waals surface area contributed by atoms with Crippen LogP contribution in [0.15, 0.2) is 11.4 Å². The molecule has 0 saturated carbocycles. The Kier molecular flexibility index (Phi) is 3.00. The molecule has 0 aromatic carbocycles. The SMILES string of the molecule is CCSc1nc(C)cn1CC. The second-order valence-electron chi connectivity index (χ2n) is 2.38. The van der Waals surface area contributed by atoms with E-state index in [1.807, 2.05) is 6.92 Å². The lowest BCUT2D eigenvalue weighted by Crippen LogP contribution is -1.93. The van der Waals surface area contributed by atoms with Gasteiger partial charge < -0.3 is 4.57 Å². The van der Waals surface area contributed by atoms with E-state index in [2.05, 4.69) is 29.6 Å². The minimum atomic E-state index is 1.02. The maximum Gasteiger partial charge on any atom is 0.168 e. The molecule has 0 aliphatic heterocycles. The maximum absolute atomic E-state index is 4.40. The normalized spacial score (nSPS) is 10.5. The van der Waals surface area contributed by atoms with Crippen molar-refractivity contribution in [3.63, 3.8) is 0 Å². The van der Waals surface area contributed by atoms with Crippen LogP contribution in [0, 0.1) is 6.92 Å². The molecule has 3 heteroatoms. The fraction of sp³-hybridized carbons (Fsp3) is 0.625. The summed E-state index contributed by atoms with van der Waals surface area (Å²) in [4.78, 5) is 4.40. The summed E-state index contributed by atoms with van der Waals surface area (Å²) in [5, 5.41) is 1.15. The van der Waals surface area contributed by atoms with Crippen LogP contribution in [0.5, 0.6) is 0 Å². The largest absolute Gasteiger partial charge is 0.326 e. The zero-order valence-corrected chi connectivity index (χ0v) is 8.11. The molecule has 0 aliphatic rings. The quantitative estimate of drug-likeness (QED) is 0.648. The summed E-state index contributed by atoms with van der Waals surface area (Å²) >= 11 is 1.80. The van der Waals surface area contributed by atoms with Crippen LogP contribution in [0.4, 0.5) is 0 Å². The van der Waals surface area contributed by atoms with Crippen LogP contribution in [0.1, 0.15) is 19.5 Å². The van der Waals surface area contributed by atoms with Crippen LogP contribution >= 0.6 is 11.8 Å². The number of aryl methyl sites for hydroxylation is 2. The molecule has 1 heterocycles. The first-order valence-corrected chi connectivity index (χ1v) is 4.93. The topological polar surface area (TPSA) is 17.8 Å². The van der Waals surface area contributed by atoms with Gasteiger partial charge in [0.15, 0.2) is 5.16 Å². The van der Waals surface area contributed by atoms with Gasteiger partial charge in [-0.25, -0.2) is 4.98 Å². The number of imidazole rings is 1. The summed E-state index contributed by atoms with van der Waals surface area (Å²) < 4.78 is 2.18. The number of nitrogens with zero attached hydrogens (tertiary/aromatic N) is 2. The molecule has 2 nitrogen and oxygen atoms in total. The van der Waals surface area contributed by atoms with Crippen molar-refractivity contribution in [2.45, 2.75) is 32.5 Å². The smallest absolute Gasteiger partial charge is 0.168 e. The minimum absolute atomic E-state index is 1.02. The molecule has 0 bridgehead atoms. The van der Waals surface area contributed by atoms with Gasteiger partial charge in [-0.1, -0.05) is 18.7 Å². The van der Waals surface area contributed by atoms with Crippen molar-refractivity contribution in [3.05, 3.63) is 11.9 Å². The molecule has 0 radical (unpaired) electrons. The van der Waals surface area contributed by atoms with Crippen LogP contribution in [0.25, 0.3) is 0 Å². The van der Waals surface area contributed by atoms with Crippen molar-refractivity contribution in [3.8, 4) is 0 Å². The first kappa shape index (κ1) is 8.65. The van der Waals surface area contributed by atoms with Gasteiger partial charge in [-0.3, -0.25) is 0 Å². The molecular formula is C8H14N2S. The Labute approximate surface area is 72.0 Å². The lowest BCUT2D eigenvalue weighted by molar-refractivity contribution is 0.681. The van der Waals surface area contributed by atoms with Crippen LogP contribution in [0.3, 0.4) is 0 Å². The van der Waals surface area contributed by atoms with E-state index >= 15 is 0 Å². The predicted molar refractivity (Wildman–Crippen MR) is 49.0 cm³/mol. The van der Waals surface area contributed by atoms with E-state index < -0.39 is 0 Å². The maximum atomic E-state index is 4.40. The van der Waals surface area contributed by atoms with E-state index in [1.165, 1.54) is 0 Å². The van der Waals surface area contributed by atoms with Crippen LogP contribution < -0.4 is 0 Å². The highest BCUT2D eigenvalue weighted by atomic mass is 32.2. The van der Waals surface area contributed by atoms with E-state index in [1.54, 1.807) is 11.8 Å². The third-order valence-electron chi connectivity index (χ3n) is 1.47. The summed E-state index contributed by atoms with van der Waals surface area (Å²) in [5.41, 5.74) is 1.11. The predicted octanol–water partition coefficient (Wildman–Crippen LogP) is 2.32. The van der Waals surface area contributed by atoms with E-state index in [0.29, 0.717) is 0 Å². The summed E-state index contributed by atoms with van der Waals surface area (Å²) in [6.07, 6.45) is 2.10. The van der Waals surface area contributed by atoms with Crippen LogP contribution in [-0.4, -0.2) is 15.3 Å². The van der Waals surface area contributed by atoms with Gasteiger partial charge in [0.1, 0.15) is 0 Å². The molecule has 0 spiro atoms. The van der Waals surface area contributed by atoms with Gasteiger partial charge in [0.25, 0.3) is 0 Å². The van der Waals surface area contributed by atoms with Gasteiger partial charge in [0, 0.05) is 12.7 Å². The third kappa shape index (κ3) is 1.99. The van der Waals surface area contributed by atoms with E-state index in [-0.39, 0.29) is 0 Å². The van der Waals surface area contributed by atoms with Gasteiger partial charge in [-0.2, -0.15) is 0 Å².